The minimum absolute atomic E-state index is 0.301. The van der Waals surface area contributed by atoms with Gasteiger partial charge in [0.25, 0.3) is 0 Å². The van der Waals surface area contributed by atoms with Crippen LogP contribution in [0.3, 0.4) is 0 Å². The first-order chi connectivity index (χ1) is 9.51. The number of hydrogen-bond donors (Lipinski definition) is 2. The van der Waals surface area contributed by atoms with E-state index < -0.39 is 23.5 Å². The minimum atomic E-state index is -0.920. The molecule has 0 aliphatic carbocycles. The molecule has 0 radical (unpaired) electrons. The van der Waals surface area contributed by atoms with Gasteiger partial charge in [-0.2, -0.15) is 0 Å². The topological polar surface area (TPSA) is 38.0 Å². The van der Waals surface area contributed by atoms with Gasteiger partial charge in [0.2, 0.25) is 0 Å². The van der Waals surface area contributed by atoms with Crippen LogP contribution in [-0.4, -0.2) is 0 Å². The van der Waals surface area contributed by atoms with Crippen LogP contribution in [0.2, 0.25) is 0 Å². The Morgan fingerprint density at radius 3 is 2.45 bits per heavy atom. The van der Waals surface area contributed by atoms with Gasteiger partial charge in [-0.05, 0) is 47.9 Å². The molecule has 0 heterocycles. The molecular formula is C14H12BrF3N2. The Morgan fingerprint density at radius 2 is 1.80 bits per heavy atom. The Balaban J connectivity index is 2.28. The monoisotopic (exact) mass is 344 g/mol. The second-order valence-corrected chi connectivity index (χ2v) is 5.19. The molecule has 0 aromatic heterocycles. The van der Waals surface area contributed by atoms with E-state index in [-0.39, 0.29) is 0 Å². The van der Waals surface area contributed by atoms with Gasteiger partial charge in [0.1, 0.15) is 5.82 Å². The van der Waals surface area contributed by atoms with Crippen molar-refractivity contribution in [3.8, 4) is 0 Å². The zero-order valence-electron chi connectivity index (χ0n) is 10.3. The van der Waals surface area contributed by atoms with Crippen molar-refractivity contribution in [2.75, 3.05) is 0 Å². The number of halogens is 4. The third-order valence-electron chi connectivity index (χ3n) is 2.96. The van der Waals surface area contributed by atoms with Crippen molar-refractivity contribution in [1.82, 2.24) is 5.43 Å². The fraction of sp³-hybridized carbons (Fsp3) is 0.143. The van der Waals surface area contributed by atoms with Gasteiger partial charge in [-0.1, -0.05) is 22.0 Å². The number of nitrogens with one attached hydrogen (secondary N) is 1. The standard InChI is InChI=1S/C14H12BrF3N2/c15-11-3-2-9(16)7-10(11)14(20-19)6-8-1-4-12(17)13(18)5-8/h1-5,7,14,20H,6,19H2. The highest BCUT2D eigenvalue weighted by molar-refractivity contribution is 9.10. The van der Waals surface area contributed by atoms with Gasteiger partial charge in [0.15, 0.2) is 11.6 Å². The molecule has 1 unspecified atom stereocenters. The number of hydrazine groups is 1. The van der Waals surface area contributed by atoms with E-state index in [4.69, 9.17) is 5.84 Å². The van der Waals surface area contributed by atoms with Gasteiger partial charge >= 0.3 is 0 Å². The summed E-state index contributed by atoms with van der Waals surface area (Å²) in [6, 6.07) is 7.43. The summed E-state index contributed by atoms with van der Waals surface area (Å²) in [4.78, 5) is 0. The average Bonchev–Trinajstić information content (AvgIpc) is 2.43. The van der Waals surface area contributed by atoms with E-state index in [1.165, 1.54) is 18.2 Å². The van der Waals surface area contributed by atoms with Crippen LogP contribution in [0.1, 0.15) is 17.2 Å². The van der Waals surface area contributed by atoms with Crippen molar-refractivity contribution in [3.63, 3.8) is 0 Å². The second kappa shape index (κ2) is 6.39. The Morgan fingerprint density at radius 1 is 1.05 bits per heavy atom. The van der Waals surface area contributed by atoms with E-state index in [0.717, 1.165) is 12.1 Å². The maximum Gasteiger partial charge on any atom is 0.159 e. The molecule has 0 bridgehead atoms. The molecule has 0 aliphatic heterocycles. The van der Waals surface area contributed by atoms with E-state index in [0.29, 0.717) is 22.0 Å². The number of hydrogen-bond acceptors (Lipinski definition) is 2. The lowest BCUT2D eigenvalue weighted by Crippen LogP contribution is -2.30. The summed E-state index contributed by atoms with van der Waals surface area (Å²) in [5, 5.41) is 0. The molecule has 2 nitrogen and oxygen atoms in total. The molecule has 0 amide bonds. The van der Waals surface area contributed by atoms with Crippen LogP contribution in [0.15, 0.2) is 40.9 Å². The largest absolute Gasteiger partial charge is 0.271 e. The lowest BCUT2D eigenvalue weighted by Gasteiger charge is -2.18. The summed E-state index contributed by atoms with van der Waals surface area (Å²) < 4.78 is 40.1. The van der Waals surface area contributed by atoms with Crippen LogP contribution in [0.25, 0.3) is 0 Å². The molecule has 2 rings (SSSR count). The quantitative estimate of drug-likeness (QED) is 0.656. The first kappa shape index (κ1) is 15.0. The zero-order valence-corrected chi connectivity index (χ0v) is 11.9. The van der Waals surface area contributed by atoms with Crippen molar-refractivity contribution in [2.24, 2.45) is 5.84 Å². The van der Waals surface area contributed by atoms with Gasteiger partial charge in [-0.15, -0.1) is 0 Å². The summed E-state index contributed by atoms with van der Waals surface area (Å²) in [6.07, 6.45) is 0.301. The first-order valence-electron chi connectivity index (χ1n) is 5.86. The molecule has 3 N–H and O–H groups in total. The van der Waals surface area contributed by atoms with E-state index in [1.807, 2.05) is 0 Å². The average molecular weight is 345 g/mol. The van der Waals surface area contributed by atoms with Crippen LogP contribution in [0.5, 0.6) is 0 Å². The van der Waals surface area contributed by atoms with Crippen molar-refractivity contribution in [1.29, 1.82) is 0 Å². The summed E-state index contributed by atoms with van der Waals surface area (Å²) in [5.41, 5.74) is 3.72. The highest BCUT2D eigenvalue weighted by atomic mass is 79.9. The van der Waals surface area contributed by atoms with Gasteiger partial charge in [0.05, 0.1) is 6.04 Å². The van der Waals surface area contributed by atoms with Gasteiger partial charge in [-0.3, -0.25) is 11.3 Å². The van der Waals surface area contributed by atoms with Crippen LogP contribution in [0.4, 0.5) is 13.2 Å². The fourth-order valence-corrected chi connectivity index (χ4v) is 2.47. The first-order valence-corrected chi connectivity index (χ1v) is 6.65. The Labute approximate surface area is 122 Å². The van der Waals surface area contributed by atoms with Crippen molar-refractivity contribution in [3.05, 3.63) is 69.4 Å². The lowest BCUT2D eigenvalue weighted by molar-refractivity contribution is 0.502. The molecule has 0 fully saturated rings. The number of benzene rings is 2. The molecular weight excluding hydrogens is 333 g/mol. The van der Waals surface area contributed by atoms with Crippen LogP contribution >= 0.6 is 15.9 Å². The summed E-state index contributed by atoms with van der Waals surface area (Å²) in [7, 11) is 0. The third kappa shape index (κ3) is 3.39. The SMILES string of the molecule is NNC(Cc1ccc(F)c(F)c1)c1cc(F)ccc1Br. The molecule has 2 aromatic rings. The molecule has 1 atom stereocenters. The van der Waals surface area contributed by atoms with Crippen molar-refractivity contribution >= 4 is 15.9 Å². The molecule has 106 valence electrons. The number of rotatable bonds is 4. The van der Waals surface area contributed by atoms with E-state index in [1.54, 1.807) is 6.07 Å². The van der Waals surface area contributed by atoms with Gasteiger partial charge < -0.3 is 0 Å². The Kier molecular flexibility index (Phi) is 4.80. The van der Waals surface area contributed by atoms with Gasteiger partial charge in [0, 0.05) is 4.47 Å². The summed E-state index contributed by atoms with van der Waals surface area (Å²) in [6.45, 7) is 0. The molecule has 0 aliphatic rings. The highest BCUT2D eigenvalue weighted by Crippen LogP contribution is 2.27. The molecule has 6 heteroatoms. The Hall–Kier alpha value is -1.37. The lowest BCUT2D eigenvalue weighted by atomic mass is 9.99. The van der Waals surface area contributed by atoms with Crippen molar-refractivity contribution in [2.45, 2.75) is 12.5 Å². The fourth-order valence-electron chi connectivity index (χ4n) is 1.94. The zero-order chi connectivity index (χ0) is 14.7. The van der Waals surface area contributed by atoms with Crippen molar-refractivity contribution < 1.29 is 13.2 Å². The predicted molar refractivity (Wildman–Crippen MR) is 74.2 cm³/mol. The Bertz CT molecular complexity index is 619. The maximum absolute atomic E-state index is 13.3. The van der Waals surface area contributed by atoms with Crippen LogP contribution < -0.4 is 11.3 Å². The molecule has 2 aromatic carbocycles. The highest BCUT2D eigenvalue weighted by Gasteiger charge is 2.15. The van der Waals surface area contributed by atoms with E-state index in [9.17, 15) is 13.2 Å². The molecule has 0 saturated carbocycles. The molecule has 20 heavy (non-hydrogen) atoms. The van der Waals surface area contributed by atoms with E-state index in [2.05, 4.69) is 21.4 Å². The maximum atomic E-state index is 13.3. The third-order valence-corrected chi connectivity index (χ3v) is 3.68. The van der Waals surface area contributed by atoms with Crippen LogP contribution in [0, 0.1) is 17.5 Å². The normalized spacial score (nSPS) is 12.4. The summed E-state index contributed by atoms with van der Waals surface area (Å²) >= 11 is 3.32. The van der Waals surface area contributed by atoms with Crippen LogP contribution in [-0.2, 0) is 6.42 Å². The second-order valence-electron chi connectivity index (χ2n) is 4.34. The molecule has 0 spiro atoms. The minimum Gasteiger partial charge on any atom is -0.271 e. The summed E-state index contributed by atoms with van der Waals surface area (Å²) in [5.74, 6) is 3.26. The molecule has 0 saturated heterocycles. The smallest absolute Gasteiger partial charge is 0.159 e. The number of nitrogens with two attached hydrogens (primary N) is 1. The predicted octanol–water partition coefficient (Wildman–Crippen LogP) is 3.61. The van der Waals surface area contributed by atoms with E-state index >= 15 is 0 Å². The van der Waals surface area contributed by atoms with Gasteiger partial charge in [-0.25, -0.2) is 13.2 Å².